The molecule has 1 atom stereocenters. The van der Waals surface area contributed by atoms with Crippen LogP contribution >= 0.6 is 11.6 Å². The normalized spacial score (nSPS) is 12.6. The summed E-state index contributed by atoms with van der Waals surface area (Å²) in [6.07, 6.45) is 6.48. The molecule has 0 spiro atoms. The van der Waals surface area contributed by atoms with Crippen LogP contribution in [0.2, 0.25) is 5.15 Å². The average Bonchev–Trinajstić information content (AvgIpc) is 3.20. The number of pyridine rings is 2. The zero-order valence-electron chi connectivity index (χ0n) is 13.7. The molecule has 0 radical (unpaired) electrons. The third kappa shape index (κ3) is 2.79. The summed E-state index contributed by atoms with van der Waals surface area (Å²) >= 11 is 5.92. The van der Waals surface area contributed by atoms with Crippen LogP contribution in [0.3, 0.4) is 0 Å². The number of hydrogen-bond acceptors (Lipinski definition) is 4. The van der Waals surface area contributed by atoms with E-state index in [1.54, 1.807) is 35.4 Å². The lowest BCUT2D eigenvalue weighted by Crippen LogP contribution is -2.03. The number of aliphatic hydroxyl groups is 1. The molecule has 6 nitrogen and oxygen atoms in total. The van der Waals surface area contributed by atoms with Crippen molar-refractivity contribution in [2.75, 3.05) is 0 Å². The molecule has 0 bridgehead atoms. The van der Waals surface area contributed by atoms with Crippen molar-refractivity contribution in [3.05, 3.63) is 65.0 Å². The maximum Gasteiger partial charge on any atom is 0.137 e. The van der Waals surface area contributed by atoms with Gasteiger partial charge in [0.25, 0.3) is 0 Å². The molecule has 0 amide bonds. The first-order chi connectivity index (χ1) is 12.0. The van der Waals surface area contributed by atoms with Gasteiger partial charge in [0.2, 0.25) is 0 Å². The molecule has 126 valence electrons. The van der Waals surface area contributed by atoms with Crippen LogP contribution in [0.25, 0.3) is 22.2 Å². The van der Waals surface area contributed by atoms with Crippen LogP contribution in [0.1, 0.15) is 22.9 Å². The van der Waals surface area contributed by atoms with Gasteiger partial charge in [-0.25, -0.2) is 9.97 Å². The largest absolute Gasteiger partial charge is 0.384 e. The fourth-order valence-corrected chi connectivity index (χ4v) is 3.17. The predicted molar refractivity (Wildman–Crippen MR) is 96.3 cm³/mol. The maximum absolute atomic E-state index is 10.9. The van der Waals surface area contributed by atoms with Gasteiger partial charge in [0.05, 0.1) is 6.20 Å². The minimum Gasteiger partial charge on any atom is -0.384 e. The Morgan fingerprint density at radius 2 is 2.04 bits per heavy atom. The lowest BCUT2D eigenvalue weighted by Gasteiger charge is -2.13. The average molecular weight is 354 g/mol. The Balaban J connectivity index is 1.81. The molecule has 2 N–H and O–H groups in total. The highest BCUT2D eigenvalue weighted by atomic mass is 35.5. The number of nitrogens with zero attached hydrogens (tertiary/aromatic N) is 4. The second-order valence-electron chi connectivity index (χ2n) is 5.98. The van der Waals surface area contributed by atoms with Crippen LogP contribution < -0.4 is 0 Å². The van der Waals surface area contributed by atoms with Gasteiger partial charge in [0, 0.05) is 59.0 Å². The first kappa shape index (κ1) is 15.8. The van der Waals surface area contributed by atoms with E-state index < -0.39 is 6.10 Å². The van der Waals surface area contributed by atoms with Crippen LogP contribution in [-0.2, 0) is 7.05 Å². The summed E-state index contributed by atoms with van der Waals surface area (Å²) in [5, 5.41) is 16.3. The number of fused-ring (bicyclic) bond motifs is 1. The van der Waals surface area contributed by atoms with Gasteiger partial charge in [0.1, 0.15) is 16.9 Å². The van der Waals surface area contributed by atoms with Crippen molar-refractivity contribution in [3.63, 3.8) is 0 Å². The Morgan fingerprint density at radius 1 is 1.20 bits per heavy atom. The van der Waals surface area contributed by atoms with E-state index in [0.29, 0.717) is 10.8 Å². The molecule has 4 heterocycles. The van der Waals surface area contributed by atoms with Crippen LogP contribution in [-0.4, -0.2) is 29.8 Å². The molecule has 0 saturated heterocycles. The van der Waals surface area contributed by atoms with E-state index in [2.05, 4.69) is 20.1 Å². The number of nitrogens with one attached hydrogen (secondary N) is 1. The topological polar surface area (TPSA) is 79.6 Å². The van der Waals surface area contributed by atoms with Crippen molar-refractivity contribution in [2.24, 2.45) is 7.05 Å². The van der Waals surface area contributed by atoms with Crippen molar-refractivity contribution in [1.29, 1.82) is 0 Å². The van der Waals surface area contributed by atoms with Gasteiger partial charge in [-0.3, -0.25) is 4.68 Å². The second-order valence-corrected chi connectivity index (χ2v) is 6.37. The van der Waals surface area contributed by atoms with Crippen LogP contribution in [0, 0.1) is 6.92 Å². The highest BCUT2D eigenvalue weighted by Crippen LogP contribution is 2.32. The maximum atomic E-state index is 10.9. The summed E-state index contributed by atoms with van der Waals surface area (Å²) in [6, 6.07) is 5.49. The number of hydrogen-bond donors (Lipinski definition) is 2. The molecule has 4 rings (SSSR count). The predicted octanol–water partition coefficient (Wildman–Crippen LogP) is 3.40. The SMILES string of the molecule is Cc1nc(Cl)ccc1C(O)c1c[nH]c2ncc(-c3cnn(C)c3)cc12. The molecule has 0 aliphatic rings. The summed E-state index contributed by atoms with van der Waals surface area (Å²) in [6.45, 7) is 1.83. The molecular weight excluding hydrogens is 338 g/mol. The van der Waals surface area contributed by atoms with Crippen LogP contribution in [0.4, 0.5) is 0 Å². The Morgan fingerprint density at radius 3 is 2.76 bits per heavy atom. The summed E-state index contributed by atoms with van der Waals surface area (Å²) in [7, 11) is 1.87. The first-order valence-corrected chi connectivity index (χ1v) is 8.18. The third-order valence-corrected chi connectivity index (χ3v) is 4.49. The molecule has 0 aliphatic carbocycles. The van der Waals surface area contributed by atoms with Crippen molar-refractivity contribution in [1.82, 2.24) is 24.7 Å². The minimum absolute atomic E-state index is 0.410. The molecular formula is C18H16ClN5O. The fraction of sp³-hybridized carbons (Fsp3) is 0.167. The number of aryl methyl sites for hydroxylation is 2. The highest BCUT2D eigenvalue weighted by molar-refractivity contribution is 6.29. The standard InChI is InChI=1S/C18H16ClN5O/c1-10-13(3-4-16(19)23-10)17(25)15-8-21-18-14(15)5-11(6-20-18)12-7-22-24(2)9-12/h3-9,17,25H,1-2H3,(H,20,21). The Kier molecular flexibility index (Phi) is 3.78. The van der Waals surface area contributed by atoms with E-state index in [1.807, 2.05) is 26.2 Å². The van der Waals surface area contributed by atoms with Crippen molar-refractivity contribution < 1.29 is 5.11 Å². The van der Waals surface area contributed by atoms with E-state index in [0.717, 1.165) is 33.3 Å². The number of H-pyrrole nitrogens is 1. The van der Waals surface area contributed by atoms with Crippen molar-refractivity contribution in [3.8, 4) is 11.1 Å². The second kappa shape index (κ2) is 5.98. The van der Waals surface area contributed by atoms with Gasteiger partial charge in [-0.2, -0.15) is 5.10 Å². The first-order valence-electron chi connectivity index (χ1n) is 7.80. The van der Waals surface area contributed by atoms with E-state index in [9.17, 15) is 5.11 Å². The van der Waals surface area contributed by atoms with Gasteiger partial charge in [-0.05, 0) is 19.1 Å². The summed E-state index contributed by atoms with van der Waals surface area (Å²) in [5.74, 6) is 0. The molecule has 4 aromatic heterocycles. The van der Waals surface area contributed by atoms with E-state index >= 15 is 0 Å². The van der Waals surface area contributed by atoms with Crippen molar-refractivity contribution >= 4 is 22.6 Å². The third-order valence-electron chi connectivity index (χ3n) is 4.28. The number of aromatic amines is 1. The minimum atomic E-state index is -0.815. The van der Waals surface area contributed by atoms with Gasteiger partial charge in [0.15, 0.2) is 0 Å². The van der Waals surface area contributed by atoms with Crippen LogP contribution in [0.5, 0.6) is 0 Å². The molecule has 1 unspecified atom stereocenters. The van der Waals surface area contributed by atoms with Crippen molar-refractivity contribution in [2.45, 2.75) is 13.0 Å². The zero-order valence-corrected chi connectivity index (χ0v) is 14.5. The molecule has 0 fully saturated rings. The molecule has 7 heteroatoms. The Hall–Kier alpha value is -2.70. The van der Waals surface area contributed by atoms with E-state index in [1.165, 1.54) is 0 Å². The zero-order chi connectivity index (χ0) is 17.6. The lowest BCUT2D eigenvalue weighted by molar-refractivity contribution is 0.220. The fourth-order valence-electron chi connectivity index (χ4n) is 2.98. The molecule has 0 aliphatic heterocycles. The molecule has 0 aromatic carbocycles. The Bertz CT molecular complexity index is 1070. The van der Waals surface area contributed by atoms with Crippen LogP contribution in [0.15, 0.2) is 43.0 Å². The number of halogens is 1. The molecule has 0 saturated carbocycles. The lowest BCUT2D eigenvalue weighted by atomic mass is 9.99. The molecule has 25 heavy (non-hydrogen) atoms. The number of aliphatic hydroxyl groups excluding tert-OH is 1. The quantitative estimate of drug-likeness (QED) is 0.553. The summed E-state index contributed by atoms with van der Waals surface area (Å²) < 4.78 is 1.75. The summed E-state index contributed by atoms with van der Waals surface area (Å²) in [4.78, 5) is 11.8. The van der Waals surface area contributed by atoms with E-state index in [4.69, 9.17) is 11.6 Å². The number of aromatic nitrogens is 5. The van der Waals surface area contributed by atoms with Gasteiger partial charge in [-0.15, -0.1) is 0 Å². The summed E-state index contributed by atoms with van der Waals surface area (Å²) in [5.41, 5.74) is 4.81. The monoisotopic (exact) mass is 353 g/mol. The smallest absolute Gasteiger partial charge is 0.137 e. The van der Waals surface area contributed by atoms with Gasteiger partial charge < -0.3 is 10.1 Å². The van der Waals surface area contributed by atoms with Gasteiger partial charge >= 0.3 is 0 Å². The highest BCUT2D eigenvalue weighted by Gasteiger charge is 2.19. The van der Waals surface area contributed by atoms with E-state index in [-0.39, 0.29) is 0 Å². The molecule has 4 aromatic rings. The van der Waals surface area contributed by atoms with Gasteiger partial charge in [-0.1, -0.05) is 17.7 Å². The Labute approximate surface area is 149 Å². The number of rotatable bonds is 3.